The fraction of sp³-hybridized carbons (Fsp3) is 0.464. The van der Waals surface area contributed by atoms with Crippen LogP contribution in [0.2, 0.25) is 0 Å². The summed E-state index contributed by atoms with van der Waals surface area (Å²) in [6.07, 6.45) is -8.86. The number of carbonyl (C=O) groups is 1. The lowest BCUT2D eigenvalue weighted by Crippen LogP contribution is -2.26. The molecule has 1 unspecified atom stereocenters. The molecular formula is C28H30F3NO5. The molecule has 3 aromatic rings. The van der Waals surface area contributed by atoms with E-state index < -0.39 is 137 Å². The zero-order valence-corrected chi connectivity index (χ0v) is 19.6. The van der Waals surface area contributed by atoms with Crippen molar-refractivity contribution in [2.45, 2.75) is 76.1 Å². The zero-order chi connectivity index (χ0) is 38.1. The van der Waals surface area contributed by atoms with Crippen LogP contribution in [0.1, 0.15) is 74.6 Å². The minimum atomic E-state index is -4.26. The number of nitrogens with zero attached hydrogens (tertiary/aromatic N) is 1. The Kier molecular flexibility index (Phi) is 3.37. The summed E-state index contributed by atoms with van der Waals surface area (Å²) >= 11 is 0. The summed E-state index contributed by atoms with van der Waals surface area (Å²) in [5.41, 5.74) is -7.07. The highest BCUT2D eigenvalue weighted by molar-refractivity contribution is 5.95. The molecule has 1 aromatic heterocycles. The van der Waals surface area contributed by atoms with E-state index in [1.165, 1.54) is 6.92 Å². The predicted molar refractivity (Wildman–Crippen MR) is 131 cm³/mol. The van der Waals surface area contributed by atoms with Gasteiger partial charge >= 0.3 is 6.29 Å². The number of carbonyl (C=O) groups excluding carboxylic acids is 1. The van der Waals surface area contributed by atoms with Gasteiger partial charge in [0.25, 0.3) is 0 Å². The number of aliphatic hydroxyl groups is 2. The third kappa shape index (κ3) is 4.48. The summed E-state index contributed by atoms with van der Waals surface area (Å²) in [7, 11) is 0. The molecular weight excluding hydrogens is 487 g/mol. The second-order valence-electron chi connectivity index (χ2n) is 9.18. The van der Waals surface area contributed by atoms with E-state index in [0.29, 0.717) is 0 Å². The topological polar surface area (TPSA) is 80.9 Å². The van der Waals surface area contributed by atoms with Crippen molar-refractivity contribution in [3.05, 3.63) is 58.9 Å². The van der Waals surface area contributed by atoms with Crippen molar-refractivity contribution in [2.75, 3.05) is 6.56 Å². The summed E-state index contributed by atoms with van der Waals surface area (Å²) in [6.45, 7) is -7.86. The Bertz CT molecular complexity index is 1960. The van der Waals surface area contributed by atoms with Crippen molar-refractivity contribution in [2.24, 2.45) is 0 Å². The lowest BCUT2D eigenvalue weighted by Gasteiger charge is -2.26. The normalized spacial score (nSPS) is 25.8. The Morgan fingerprint density at radius 1 is 1.27 bits per heavy atom. The molecule has 9 heteroatoms. The van der Waals surface area contributed by atoms with Gasteiger partial charge in [0.1, 0.15) is 11.6 Å². The first-order chi connectivity index (χ1) is 22.6. The summed E-state index contributed by atoms with van der Waals surface area (Å²) in [5, 5.41) is 19.7. The number of hydrogen-bond donors (Lipinski definition) is 2. The monoisotopic (exact) mass is 530 g/mol. The van der Waals surface area contributed by atoms with Crippen molar-refractivity contribution in [3.63, 3.8) is 0 Å². The van der Waals surface area contributed by atoms with Gasteiger partial charge in [-0.2, -0.15) is 0 Å². The largest absolute Gasteiger partial charge is 0.586 e. The van der Waals surface area contributed by atoms with Crippen LogP contribution in [0.4, 0.5) is 13.2 Å². The van der Waals surface area contributed by atoms with Crippen molar-refractivity contribution in [1.82, 2.24) is 4.57 Å². The minimum Gasteiger partial charge on any atom is -0.395 e. The van der Waals surface area contributed by atoms with Gasteiger partial charge in [0, 0.05) is 27.0 Å². The molecule has 0 radical (unpaired) electrons. The summed E-state index contributed by atoms with van der Waals surface area (Å²) in [5.74, 6) is -4.37. The van der Waals surface area contributed by atoms with E-state index >= 15 is 4.39 Å². The first-order valence-electron chi connectivity index (χ1n) is 17.8. The Morgan fingerprint density at radius 3 is 2.65 bits per heavy atom. The van der Waals surface area contributed by atoms with Crippen molar-refractivity contribution in [3.8, 4) is 11.5 Å². The fourth-order valence-electron chi connectivity index (χ4n) is 4.15. The number of ether oxygens (including phenoxy) is 2. The van der Waals surface area contributed by atoms with Crippen LogP contribution in [-0.4, -0.2) is 39.5 Å². The lowest BCUT2D eigenvalue weighted by atomic mass is 9.86. The molecule has 1 saturated carbocycles. The number of aromatic nitrogens is 1. The first-order valence-corrected chi connectivity index (χ1v) is 11.3. The number of alkyl halides is 2. The van der Waals surface area contributed by atoms with Gasteiger partial charge in [0.05, 0.1) is 43.8 Å². The SMILES string of the molecule is [2H]c1c([2H])c(C2(C(=O)Cc3c(F)c([2H])c4c(c3[2H])c([2H])c(C(C)(CC)C([2H])([2H])[2H])n4C([2H])([2H])[C@@H](O)C([2H])([2H])O)CC2)c([2H])c2c1OC(F)(F)O2. The van der Waals surface area contributed by atoms with E-state index in [1.54, 1.807) is 0 Å². The van der Waals surface area contributed by atoms with Crippen molar-refractivity contribution < 1.29 is 55.5 Å². The number of benzene rings is 2. The van der Waals surface area contributed by atoms with Crippen LogP contribution >= 0.6 is 0 Å². The third-order valence-corrected chi connectivity index (χ3v) is 6.59. The second-order valence-corrected chi connectivity index (χ2v) is 9.18. The predicted octanol–water partition coefficient (Wildman–Crippen LogP) is 4.99. The maximum absolute atomic E-state index is 16.2. The minimum absolute atomic E-state index is 0.0943. The molecule has 1 fully saturated rings. The molecule has 0 bridgehead atoms. The lowest BCUT2D eigenvalue weighted by molar-refractivity contribution is -0.286. The number of halogens is 3. The van der Waals surface area contributed by atoms with Gasteiger partial charge < -0.3 is 24.3 Å². The van der Waals surface area contributed by atoms with E-state index in [0.717, 1.165) is 6.92 Å². The molecule has 2 heterocycles. The molecule has 0 amide bonds. The number of rotatable bonds is 9. The quantitative estimate of drug-likeness (QED) is 0.408. The molecule has 5 rings (SSSR count). The maximum Gasteiger partial charge on any atom is 0.586 e. The van der Waals surface area contributed by atoms with E-state index in [-0.39, 0.29) is 23.8 Å². The first kappa shape index (κ1) is 14.2. The highest BCUT2D eigenvalue weighted by atomic mass is 19.3. The van der Waals surface area contributed by atoms with Crippen LogP contribution in [0, 0.1) is 5.82 Å². The summed E-state index contributed by atoms with van der Waals surface area (Å²) in [6, 6.07) is -5.74. The van der Waals surface area contributed by atoms with Gasteiger partial charge in [0.15, 0.2) is 11.5 Å². The molecule has 6 nitrogen and oxygen atoms in total. The number of hydrogen-bond acceptors (Lipinski definition) is 5. The number of aliphatic hydroxyl groups excluding tert-OH is 1. The number of ketones is 1. The van der Waals surface area contributed by atoms with Crippen molar-refractivity contribution in [1.29, 1.82) is 0 Å². The zero-order valence-electron chi connectivity index (χ0n) is 32.6. The van der Waals surface area contributed by atoms with Gasteiger partial charge in [-0.05, 0) is 60.6 Å². The number of fused-ring (bicyclic) bond motifs is 2. The maximum atomic E-state index is 16.2. The van der Waals surface area contributed by atoms with Gasteiger partial charge in [0.2, 0.25) is 0 Å². The molecule has 1 aliphatic heterocycles. The summed E-state index contributed by atoms with van der Waals surface area (Å²) in [4.78, 5) is 13.9. The van der Waals surface area contributed by atoms with Crippen LogP contribution in [0.3, 0.4) is 0 Å². The Morgan fingerprint density at radius 2 is 2.00 bits per heavy atom. The highest BCUT2D eigenvalue weighted by Gasteiger charge is 2.52. The average Bonchev–Trinajstić information content (AvgIpc) is 3.63. The Hall–Kier alpha value is -3.04. The smallest absolute Gasteiger partial charge is 0.395 e. The van der Waals surface area contributed by atoms with E-state index in [2.05, 4.69) is 9.47 Å². The average molecular weight is 531 g/mol. The van der Waals surface area contributed by atoms with Crippen molar-refractivity contribution >= 4 is 16.7 Å². The second kappa shape index (κ2) is 8.77. The third-order valence-electron chi connectivity index (χ3n) is 6.59. The van der Waals surface area contributed by atoms with Gasteiger partial charge in [-0.15, -0.1) is 8.78 Å². The number of Topliss-reactive ketones (excluding diaryl/α,β-unsaturated/α-hetero) is 1. The Labute approximate surface area is 230 Å². The van der Waals surface area contributed by atoms with Crippen LogP contribution < -0.4 is 9.47 Å². The molecule has 0 spiro atoms. The van der Waals surface area contributed by atoms with Crippen LogP contribution in [0.15, 0.2) is 36.3 Å². The van der Waals surface area contributed by atoms with Crippen LogP contribution in [0.25, 0.3) is 10.9 Å². The highest BCUT2D eigenvalue weighted by Crippen LogP contribution is 2.52. The van der Waals surface area contributed by atoms with Gasteiger partial charge in [-0.3, -0.25) is 4.79 Å². The molecule has 2 N–H and O–H groups in total. The molecule has 37 heavy (non-hydrogen) atoms. The molecule has 2 aromatic carbocycles. The summed E-state index contributed by atoms with van der Waals surface area (Å²) < 4.78 is 161. The van der Waals surface area contributed by atoms with Gasteiger partial charge in [-0.1, -0.05) is 26.7 Å². The van der Waals surface area contributed by atoms with E-state index in [9.17, 15) is 23.8 Å². The molecule has 0 saturated heterocycles. The molecule has 2 aliphatic rings. The standard InChI is InChI=1S/C28H30F3NO5/c1-4-26(2,3)24-10-17-9-16(20(29)13-21(17)32(24)14-19(34)15-33)11-25(35)27(7-8-27)18-5-6-22-23(12-18)37-28(30,31)36-22/h5-6,9-10,12-13,19,33-34H,4,7-8,11,14-15H2,1-3H3/t19-/m1/s1/i2D3,5D,6D,9D,10D,12D,13D,14D2,15D2/t19-,26?. The molecule has 198 valence electrons. The van der Waals surface area contributed by atoms with E-state index in [4.69, 9.17) is 17.8 Å². The van der Waals surface area contributed by atoms with Crippen LogP contribution in [-0.2, 0) is 28.5 Å². The van der Waals surface area contributed by atoms with Gasteiger partial charge in [-0.25, -0.2) is 4.39 Å². The Balaban J connectivity index is 1.75. The molecule has 2 atom stereocenters. The van der Waals surface area contributed by atoms with Crippen LogP contribution in [0.5, 0.6) is 11.5 Å². The van der Waals surface area contributed by atoms with E-state index in [1.807, 2.05) is 0 Å². The fourth-order valence-corrected chi connectivity index (χ4v) is 4.15. The molecule has 1 aliphatic carbocycles.